The van der Waals surface area contributed by atoms with E-state index in [-0.39, 0.29) is 0 Å². The zero-order chi connectivity index (χ0) is 14.0. The van der Waals surface area contributed by atoms with Gasteiger partial charge in [-0.3, -0.25) is 9.69 Å². The summed E-state index contributed by atoms with van der Waals surface area (Å²) >= 11 is 0. The fourth-order valence-electron chi connectivity index (χ4n) is 2.40. The first-order valence-corrected chi connectivity index (χ1v) is 6.60. The Hall–Kier alpha value is -0.820. The lowest BCUT2D eigenvalue weighted by molar-refractivity contribution is -0.197. The van der Waals surface area contributed by atoms with Gasteiger partial charge in [0.1, 0.15) is 0 Å². The van der Waals surface area contributed by atoms with E-state index >= 15 is 0 Å². The number of hydrogen-bond acceptors (Lipinski definition) is 3. The van der Waals surface area contributed by atoms with Crippen molar-refractivity contribution in [2.24, 2.45) is 11.8 Å². The van der Waals surface area contributed by atoms with Gasteiger partial charge in [-0.25, -0.2) is 0 Å². The molecule has 1 saturated carbocycles. The van der Waals surface area contributed by atoms with Crippen molar-refractivity contribution in [3.63, 3.8) is 0 Å². The molecule has 4 nitrogen and oxygen atoms in total. The lowest BCUT2D eigenvalue weighted by Crippen LogP contribution is -2.50. The highest BCUT2D eigenvalue weighted by Crippen LogP contribution is 2.30. The highest BCUT2D eigenvalue weighted by atomic mass is 19.4. The topological polar surface area (TPSA) is 43.8 Å². The van der Waals surface area contributed by atoms with Crippen molar-refractivity contribution in [1.82, 2.24) is 9.80 Å². The Morgan fingerprint density at radius 2 is 1.68 bits per heavy atom. The molecule has 1 heterocycles. The maximum absolute atomic E-state index is 12.6. The fraction of sp³-hybridized carbons (Fsp3) is 0.917. The molecule has 1 N–H and O–H groups in total. The van der Waals surface area contributed by atoms with Crippen molar-refractivity contribution < 1.29 is 23.1 Å². The SMILES string of the molecule is O=C(O)C(CN1CCN(CC2CC2)CC1)C(F)(F)F. The van der Waals surface area contributed by atoms with Gasteiger partial charge in [0.05, 0.1) is 0 Å². The summed E-state index contributed by atoms with van der Waals surface area (Å²) in [5.74, 6) is -3.29. The van der Waals surface area contributed by atoms with E-state index in [0.717, 1.165) is 25.6 Å². The number of carboxylic acid groups (broad SMARTS) is 1. The Balaban J connectivity index is 1.78. The maximum atomic E-state index is 12.6. The van der Waals surface area contributed by atoms with E-state index < -0.39 is 24.6 Å². The number of halogens is 3. The highest BCUT2D eigenvalue weighted by Gasteiger charge is 2.46. The van der Waals surface area contributed by atoms with Gasteiger partial charge >= 0.3 is 12.1 Å². The van der Waals surface area contributed by atoms with Crippen molar-refractivity contribution in [3.8, 4) is 0 Å². The average molecular weight is 280 g/mol. The Morgan fingerprint density at radius 3 is 2.11 bits per heavy atom. The Kier molecular flexibility index (Phi) is 4.35. The molecule has 1 aliphatic heterocycles. The molecule has 0 spiro atoms. The third-order valence-corrected chi connectivity index (χ3v) is 3.81. The van der Waals surface area contributed by atoms with E-state index in [1.807, 2.05) is 0 Å². The second kappa shape index (κ2) is 5.66. The lowest BCUT2D eigenvalue weighted by atomic mass is 10.1. The molecule has 0 aromatic heterocycles. The molecule has 19 heavy (non-hydrogen) atoms. The van der Waals surface area contributed by atoms with Crippen LogP contribution in [-0.2, 0) is 4.79 Å². The van der Waals surface area contributed by atoms with Gasteiger partial charge in [0.2, 0.25) is 0 Å². The minimum absolute atomic E-state index is 0.434. The second-order valence-electron chi connectivity index (χ2n) is 5.48. The third kappa shape index (κ3) is 4.35. The van der Waals surface area contributed by atoms with Crippen LogP contribution in [0.5, 0.6) is 0 Å². The van der Waals surface area contributed by atoms with Crippen molar-refractivity contribution in [1.29, 1.82) is 0 Å². The van der Waals surface area contributed by atoms with Crippen molar-refractivity contribution in [2.45, 2.75) is 19.0 Å². The standard InChI is InChI=1S/C12H19F3N2O2/c13-12(14,15)10(11(18)19)8-17-5-3-16(4-6-17)7-9-1-2-9/h9-10H,1-8H2,(H,18,19). The summed E-state index contributed by atoms with van der Waals surface area (Å²) < 4.78 is 37.7. The molecule has 1 atom stereocenters. The Morgan fingerprint density at radius 1 is 1.16 bits per heavy atom. The second-order valence-corrected chi connectivity index (χ2v) is 5.48. The Bertz CT molecular complexity index is 323. The maximum Gasteiger partial charge on any atom is 0.403 e. The summed E-state index contributed by atoms with van der Waals surface area (Å²) in [7, 11) is 0. The van der Waals surface area contributed by atoms with Crippen LogP contribution in [0.1, 0.15) is 12.8 Å². The molecule has 1 aliphatic carbocycles. The number of carbonyl (C=O) groups is 1. The number of alkyl halides is 3. The molecule has 7 heteroatoms. The van der Waals surface area contributed by atoms with Crippen LogP contribution in [0, 0.1) is 11.8 Å². The van der Waals surface area contributed by atoms with Crippen LogP contribution >= 0.6 is 0 Å². The fourth-order valence-corrected chi connectivity index (χ4v) is 2.40. The van der Waals surface area contributed by atoms with Gasteiger partial charge in [-0.15, -0.1) is 0 Å². The van der Waals surface area contributed by atoms with Gasteiger partial charge in [-0.1, -0.05) is 0 Å². The lowest BCUT2D eigenvalue weighted by Gasteiger charge is -2.36. The summed E-state index contributed by atoms with van der Waals surface area (Å²) in [6.07, 6.45) is -2.15. The predicted molar refractivity (Wildman–Crippen MR) is 62.8 cm³/mol. The van der Waals surface area contributed by atoms with Crippen molar-refractivity contribution in [3.05, 3.63) is 0 Å². The van der Waals surface area contributed by atoms with Crippen LogP contribution in [0.4, 0.5) is 13.2 Å². The zero-order valence-electron chi connectivity index (χ0n) is 10.7. The molecule has 110 valence electrons. The minimum Gasteiger partial charge on any atom is -0.481 e. The summed E-state index contributed by atoms with van der Waals surface area (Å²) in [4.78, 5) is 14.5. The van der Waals surface area contributed by atoms with E-state index in [2.05, 4.69) is 4.90 Å². The van der Waals surface area contributed by atoms with Gasteiger partial charge in [0, 0.05) is 39.3 Å². The van der Waals surface area contributed by atoms with E-state index in [1.165, 1.54) is 12.8 Å². The first-order chi connectivity index (χ1) is 8.86. The molecule has 1 saturated heterocycles. The largest absolute Gasteiger partial charge is 0.481 e. The number of carboxylic acids is 1. The first kappa shape index (κ1) is 14.6. The van der Waals surface area contributed by atoms with Gasteiger partial charge in [-0.2, -0.15) is 13.2 Å². The smallest absolute Gasteiger partial charge is 0.403 e. The van der Waals surface area contributed by atoms with Crippen LogP contribution < -0.4 is 0 Å². The van der Waals surface area contributed by atoms with Crippen LogP contribution in [0.3, 0.4) is 0 Å². The molecule has 2 rings (SSSR count). The molecule has 0 aromatic carbocycles. The van der Waals surface area contributed by atoms with Crippen LogP contribution in [0.25, 0.3) is 0 Å². The highest BCUT2D eigenvalue weighted by molar-refractivity contribution is 5.71. The molecule has 1 unspecified atom stereocenters. The normalized spacial score (nSPS) is 24.4. The molecule has 2 aliphatic rings. The number of aliphatic carboxylic acids is 1. The third-order valence-electron chi connectivity index (χ3n) is 3.81. The monoisotopic (exact) mass is 280 g/mol. The molecular formula is C12H19F3N2O2. The van der Waals surface area contributed by atoms with Crippen molar-refractivity contribution >= 4 is 5.97 Å². The molecule has 0 aromatic rings. The van der Waals surface area contributed by atoms with Gasteiger partial charge < -0.3 is 10.0 Å². The van der Waals surface area contributed by atoms with Gasteiger partial charge in [0.25, 0.3) is 0 Å². The van der Waals surface area contributed by atoms with E-state index in [9.17, 15) is 18.0 Å². The Labute approximate surface area is 110 Å². The van der Waals surface area contributed by atoms with Gasteiger partial charge in [0.15, 0.2) is 5.92 Å². The van der Waals surface area contributed by atoms with Crippen molar-refractivity contribution in [2.75, 3.05) is 39.3 Å². The average Bonchev–Trinajstić information content (AvgIpc) is 3.10. The molecule has 0 bridgehead atoms. The molecule has 2 fully saturated rings. The first-order valence-electron chi connectivity index (χ1n) is 6.60. The summed E-state index contributed by atoms with van der Waals surface area (Å²) in [5, 5.41) is 8.66. The summed E-state index contributed by atoms with van der Waals surface area (Å²) in [6, 6.07) is 0. The molecule has 0 radical (unpaired) electrons. The number of nitrogens with zero attached hydrogens (tertiary/aromatic N) is 2. The van der Waals surface area contributed by atoms with Gasteiger partial charge in [-0.05, 0) is 18.8 Å². The number of rotatable bonds is 5. The van der Waals surface area contributed by atoms with E-state index in [1.54, 1.807) is 4.90 Å². The van der Waals surface area contributed by atoms with E-state index in [0.29, 0.717) is 13.1 Å². The van der Waals surface area contributed by atoms with E-state index in [4.69, 9.17) is 5.11 Å². The molecular weight excluding hydrogens is 261 g/mol. The quantitative estimate of drug-likeness (QED) is 0.824. The zero-order valence-corrected chi connectivity index (χ0v) is 10.7. The number of piperazine rings is 1. The summed E-state index contributed by atoms with van der Waals surface area (Å²) in [5.41, 5.74) is 0. The van der Waals surface area contributed by atoms with Crippen LogP contribution in [-0.4, -0.2) is 66.3 Å². The predicted octanol–water partition coefficient (Wildman–Crippen LogP) is 1.28. The van der Waals surface area contributed by atoms with Crippen LogP contribution in [0.15, 0.2) is 0 Å². The van der Waals surface area contributed by atoms with Crippen LogP contribution in [0.2, 0.25) is 0 Å². The molecule has 0 amide bonds. The minimum atomic E-state index is -4.67. The summed E-state index contributed by atoms with van der Waals surface area (Å²) in [6.45, 7) is 3.12. The number of hydrogen-bond donors (Lipinski definition) is 1.